The van der Waals surface area contributed by atoms with Crippen LogP contribution in [-0.4, -0.2) is 23.2 Å². The molecule has 0 bridgehead atoms. The summed E-state index contributed by atoms with van der Waals surface area (Å²) >= 11 is 2.01. The maximum Gasteiger partial charge on any atom is 0.0433 e. The Kier molecular flexibility index (Phi) is 2.70. The summed E-state index contributed by atoms with van der Waals surface area (Å²) in [7, 11) is 0. The molecule has 1 fully saturated rings. The minimum atomic E-state index is 0.380. The van der Waals surface area contributed by atoms with Crippen molar-refractivity contribution in [1.82, 2.24) is 0 Å². The van der Waals surface area contributed by atoms with Crippen LogP contribution in [0.15, 0.2) is 0 Å². The Labute approximate surface area is 54.5 Å². The van der Waals surface area contributed by atoms with Gasteiger partial charge >= 0.3 is 0 Å². The molecular weight excluding hydrogens is 120 g/mol. The Morgan fingerprint density at radius 1 is 1.62 bits per heavy atom. The summed E-state index contributed by atoms with van der Waals surface area (Å²) in [5.74, 6) is 3.41. The molecule has 1 heterocycles. The number of thioether (sulfide) groups is 1. The van der Waals surface area contributed by atoms with Crippen LogP contribution >= 0.6 is 11.8 Å². The van der Waals surface area contributed by atoms with Gasteiger partial charge in [0.1, 0.15) is 0 Å². The van der Waals surface area contributed by atoms with Crippen molar-refractivity contribution in [3.8, 4) is 0 Å². The highest BCUT2D eigenvalue weighted by molar-refractivity contribution is 7.99. The number of hydrogen-bond acceptors (Lipinski definition) is 2. The van der Waals surface area contributed by atoms with Gasteiger partial charge in [-0.2, -0.15) is 11.8 Å². The number of aliphatic hydroxyl groups excluding tert-OH is 1. The number of rotatable bonds is 2. The van der Waals surface area contributed by atoms with E-state index in [2.05, 4.69) is 0 Å². The van der Waals surface area contributed by atoms with Gasteiger partial charge in [-0.15, -0.1) is 0 Å². The molecule has 1 aliphatic heterocycles. The summed E-state index contributed by atoms with van der Waals surface area (Å²) in [6.45, 7) is 0.380. The largest absolute Gasteiger partial charge is 0.396 e. The maximum atomic E-state index is 8.52. The maximum absolute atomic E-state index is 8.52. The third-order valence-electron chi connectivity index (χ3n) is 1.56. The third-order valence-corrected chi connectivity index (χ3v) is 2.79. The van der Waals surface area contributed by atoms with Crippen molar-refractivity contribution in [2.75, 3.05) is 18.1 Å². The molecule has 1 atom stereocenters. The highest BCUT2D eigenvalue weighted by atomic mass is 32.2. The lowest BCUT2D eigenvalue weighted by Gasteiger charge is -2.01. The van der Waals surface area contributed by atoms with E-state index < -0.39 is 0 Å². The second-order valence-electron chi connectivity index (χ2n) is 2.24. The first-order valence-electron chi connectivity index (χ1n) is 3.12. The zero-order valence-electron chi connectivity index (χ0n) is 4.97. The van der Waals surface area contributed by atoms with Gasteiger partial charge in [0.05, 0.1) is 0 Å². The van der Waals surface area contributed by atoms with Crippen LogP contribution in [0, 0.1) is 5.92 Å². The van der Waals surface area contributed by atoms with Crippen molar-refractivity contribution < 1.29 is 5.11 Å². The van der Waals surface area contributed by atoms with Crippen LogP contribution in [0.1, 0.15) is 12.8 Å². The summed E-state index contributed by atoms with van der Waals surface area (Å²) in [5, 5.41) is 8.52. The summed E-state index contributed by atoms with van der Waals surface area (Å²) in [6, 6.07) is 0. The molecular formula is C6H12OS. The monoisotopic (exact) mass is 132 g/mol. The van der Waals surface area contributed by atoms with E-state index in [-0.39, 0.29) is 0 Å². The van der Waals surface area contributed by atoms with Gasteiger partial charge in [-0.1, -0.05) is 0 Å². The minimum Gasteiger partial charge on any atom is -0.396 e. The first-order chi connectivity index (χ1) is 3.93. The van der Waals surface area contributed by atoms with Gasteiger partial charge in [0.2, 0.25) is 0 Å². The van der Waals surface area contributed by atoms with Crippen LogP contribution in [0.5, 0.6) is 0 Å². The Bertz CT molecular complexity index is 59.5. The number of aliphatic hydroxyl groups is 1. The smallest absolute Gasteiger partial charge is 0.0433 e. The van der Waals surface area contributed by atoms with Crippen molar-refractivity contribution in [3.05, 3.63) is 0 Å². The van der Waals surface area contributed by atoms with Crippen molar-refractivity contribution in [1.29, 1.82) is 0 Å². The van der Waals surface area contributed by atoms with Gasteiger partial charge in [0, 0.05) is 6.61 Å². The molecule has 1 nitrogen and oxygen atoms in total. The molecule has 1 N–H and O–H groups in total. The molecule has 1 saturated heterocycles. The topological polar surface area (TPSA) is 20.2 Å². The highest BCUT2D eigenvalue weighted by Crippen LogP contribution is 2.25. The molecule has 0 aromatic carbocycles. The fraction of sp³-hybridized carbons (Fsp3) is 1.00. The predicted octanol–water partition coefficient (Wildman–Crippen LogP) is 1.12. The highest BCUT2D eigenvalue weighted by Gasteiger charge is 2.13. The molecule has 0 aromatic heterocycles. The molecule has 0 amide bonds. The normalized spacial score (nSPS) is 28.9. The summed E-state index contributed by atoms with van der Waals surface area (Å²) in [4.78, 5) is 0. The quantitative estimate of drug-likeness (QED) is 0.607. The Morgan fingerprint density at radius 3 is 3.00 bits per heavy atom. The summed E-state index contributed by atoms with van der Waals surface area (Å²) in [6.07, 6.45) is 2.35. The first-order valence-corrected chi connectivity index (χ1v) is 4.27. The lowest BCUT2D eigenvalue weighted by molar-refractivity contribution is 0.264. The van der Waals surface area contributed by atoms with Gasteiger partial charge in [0.25, 0.3) is 0 Å². The fourth-order valence-electron chi connectivity index (χ4n) is 0.994. The van der Waals surface area contributed by atoms with Crippen LogP contribution in [-0.2, 0) is 0 Å². The van der Waals surface area contributed by atoms with Crippen LogP contribution in [0.2, 0.25) is 0 Å². The van der Waals surface area contributed by atoms with Gasteiger partial charge < -0.3 is 5.11 Å². The van der Waals surface area contributed by atoms with Gasteiger partial charge in [-0.25, -0.2) is 0 Å². The van der Waals surface area contributed by atoms with E-state index in [1.165, 1.54) is 17.9 Å². The Morgan fingerprint density at radius 2 is 2.50 bits per heavy atom. The van der Waals surface area contributed by atoms with E-state index in [9.17, 15) is 0 Å². The van der Waals surface area contributed by atoms with Crippen molar-refractivity contribution in [2.45, 2.75) is 12.8 Å². The molecule has 1 aliphatic rings. The molecule has 2 heteroatoms. The zero-order valence-corrected chi connectivity index (χ0v) is 5.78. The van der Waals surface area contributed by atoms with E-state index in [1.807, 2.05) is 11.8 Å². The average molecular weight is 132 g/mol. The van der Waals surface area contributed by atoms with Crippen molar-refractivity contribution >= 4 is 11.8 Å². The average Bonchev–Trinajstić information content (AvgIpc) is 2.19. The zero-order chi connectivity index (χ0) is 5.82. The van der Waals surface area contributed by atoms with Crippen LogP contribution < -0.4 is 0 Å². The summed E-state index contributed by atoms with van der Waals surface area (Å²) < 4.78 is 0. The predicted molar refractivity (Wildman–Crippen MR) is 37.1 cm³/mol. The lowest BCUT2D eigenvalue weighted by atomic mass is 10.1. The van der Waals surface area contributed by atoms with E-state index in [0.717, 1.165) is 12.3 Å². The standard InChI is InChI=1S/C6H12OS/c7-3-1-6-2-4-8-5-6/h6-7H,1-5H2/t6-/m0/s1. The van der Waals surface area contributed by atoms with E-state index in [1.54, 1.807) is 0 Å². The molecule has 48 valence electrons. The van der Waals surface area contributed by atoms with Crippen molar-refractivity contribution in [2.24, 2.45) is 5.92 Å². The van der Waals surface area contributed by atoms with E-state index in [0.29, 0.717) is 6.61 Å². The second-order valence-corrected chi connectivity index (χ2v) is 3.39. The summed E-state index contributed by atoms with van der Waals surface area (Å²) in [5.41, 5.74) is 0. The van der Waals surface area contributed by atoms with Crippen LogP contribution in [0.3, 0.4) is 0 Å². The van der Waals surface area contributed by atoms with Gasteiger partial charge in [0.15, 0.2) is 0 Å². The SMILES string of the molecule is OCC[C@H]1CCSC1. The number of hydrogen-bond donors (Lipinski definition) is 1. The molecule has 1 rings (SSSR count). The molecule has 0 aromatic rings. The molecule has 0 unspecified atom stereocenters. The molecule has 0 aliphatic carbocycles. The van der Waals surface area contributed by atoms with Crippen LogP contribution in [0.4, 0.5) is 0 Å². The van der Waals surface area contributed by atoms with Crippen molar-refractivity contribution in [3.63, 3.8) is 0 Å². The Balaban J connectivity index is 2.06. The molecule has 0 spiro atoms. The van der Waals surface area contributed by atoms with E-state index in [4.69, 9.17) is 5.11 Å². The van der Waals surface area contributed by atoms with Gasteiger partial charge in [-0.05, 0) is 30.3 Å². The lowest BCUT2D eigenvalue weighted by Crippen LogP contribution is -1.99. The van der Waals surface area contributed by atoms with E-state index >= 15 is 0 Å². The third kappa shape index (κ3) is 1.67. The van der Waals surface area contributed by atoms with Gasteiger partial charge in [-0.3, -0.25) is 0 Å². The molecule has 0 radical (unpaired) electrons. The fourth-order valence-corrected chi connectivity index (χ4v) is 2.33. The minimum absolute atomic E-state index is 0.380. The second kappa shape index (κ2) is 3.36. The molecule has 0 saturated carbocycles. The van der Waals surface area contributed by atoms with Crippen LogP contribution in [0.25, 0.3) is 0 Å². The molecule has 8 heavy (non-hydrogen) atoms. The Hall–Kier alpha value is 0.310. The first kappa shape index (κ1) is 6.43.